The normalized spacial score (nSPS) is 10.7. The number of nitrogens with zero attached hydrogens (tertiary/aromatic N) is 1. The van der Waals surface area contributed by atoms with Gasteiger partial charge in [0.25, 0.3) is 0 Å². The third kappa shape index (κ3) is 4.70. The van der Waals surface area contributed by atoms with Crippen molar-refractivity contribution in [3.8, 4) is 11.5 Å². The molecule has 4 heteroatoms. The topological polar surface area (TPSA) is 29.5 Å². The van der Waals surface area contributed by atoms with Gasteiger partial charge in [0, 0.05) is 0 Å². The third-order valence-corrected chi connectivity index (χ3v) is 1.93. The average molecular weight is 323 g/mol. The Kier molecular flexibility index (Phi) is 5.37. The smallest absolute Gasteiger partial charge is 0.124 e. The highest BCUT2D eigenvalue weighted by Crippen LogP contribution is 2.24. The lowest BCUT2D eigenvalue weighted by molar-refractivity contribution is -0.884. The summed E-state index contributed by atoms with van der Waals surface area (Å²) in [7, 11) is 7.87. The Morgan fingerprint density at radius 3 is 2.33 bits per heavy atom. The van der Waals surface area contributed by atoms with Gasteiger partial charge in [0.1, 0.15) is 18.0 Å². The highest BCUT2D eigenvalue weighted by Gasteiger charge is 2.12. The molecule has 1 aromatic carbocycles. The molecular formula is C11H18INO2. The van der Waals surface area contributed by atoms with Gasteiger partial charge in [-0.05, 0) is 18.2 Å². The first-order valence-electron chi connectivity index (χ1n) is 4.59. The fourth-order valence-corrected chi connectivity index (χ4v) is 1.33. The van der Waals surface area contributed by atoms with Crippen molar-refractivity contribution in [3.63, 3.8) is 0 Å². The van der Waals surface area contributed by atoms with E-state index in [9.17, 15) is 5.11 Å². The maximum absolute atomic E-state index is 9.63. The molecule has 1 rings (SSSR count). The zero-order chi connectivity index (χ0) is 10.8. The van der Waals surface area contributed by atoms with E-state index in [-0.39, 0.29) is 24.0 Å². The summed E-state index contributed by atoms with van der Waals surface area (Å²) in [6, 6.07) is 5.30. The molecule has 0 aliphatic rings. The van der Waals surface area contributed by atoms with Crippen LogP contribution >= 0.6 is 0 Å². The highest BCUT2D eigenvalue weighted by atomic mass is 127. The van der Waals surface area contributed by atoms with Crippen LogP contribution < -0.4 is 28.7 Å². The second kappa shape index (κ2) is 5.55. The Hall–Kier alpha value is -0.490. The number of hydrogen-bond donors (Lipinski definition) is 1. The van der Waals surface area contributed by atoms with Gasteiger partial charge in [0.05, 0.1) is 33.8 Å². The second-order valence-corrected chi connectivity index (χ2v) is 4.44. The van der Waals surface area contributed by atoms with E-state index in [1.807, 2.05) is 6.07 Å². The minimum absolute atomic E-state index is 0. The molecular weight excluding hydrogens is 305 g/mol. The predicted molar refractivity (Wildman–Crippen MR) is 56.4 cm³/mol. The average Bonchev–Trinajstić information content (AvgIpc) is 2.06. The number of phenols is 1. The Balaban J connectivity index is 0.00000196. The van der Waals surface area contributed by atoms with Gasteiger partial charge in [-0.15, -0.1) is 0 Å². The van der Waals surface area contributed by atoms with E-state index in [1.165, 1.54) is 0 Å². The van der Waals surface area contributed by atoms with Crippen LogP contribution in [0.5, 0.6) is 11.5 Å². The van der Waals surface area contributed by atoms with Crippen molar-refractivity contribution in [2.24, 2.45) is 0 Å². The first kappa shape index (κ1) is 14.5. The number of benzene rings is 1. The molecule has 0 radical (unpaired) electrons. The Bertz CT molecular complexity index is 321. The molecule has 0 heterocycles. The molecule has 3 nitrogen and oxygen atoms in total. The molecule has 0 aromatic heterocycles. The van der Waals surface area contributed by atoms with E-state index >= 15 is 0 Å². The van der Waals surface area contributed by atoms with E-state index in [0.717, 1.165) is 22.3 Å². The van der Waals surface area contributed by atoms with Gasteiger partial charge >= 0.3 is 0 Å². The number of aromatic hydroxyl groups is 1. The van der Waals surface area contributed by atoms with Crippen molar-refractivity contribution < 1.29 is 38.3 Å². The van der Waals surface area contributed by atoms with Crippen molar-refractivity contribution in [2.45, 2.75) is 6.54 Å². The van der Waals surface area contributed by atoms with Gasteiger partial charge in [-0.1, -0.05) is 0 Å². The first-order valence-corrected chi connectivity index (χ1v) is 4.59. The zero-order valence-corrected chi connectivity index (χ0v) is 11.8. The van der Waals surface area contributed by atoms with Crippen LogP contribution in [0.15, 0.2) is 18.2 Å². The first-order chi connectivity index (χ1) is 6.42. The number of halogens is 1. The van der Waals surface area contributed by atoms with Crippen LogP contribution in [0.3, 0.4) is 0 Å². The summed E-state index contributed by atoms with van der Waals surface area (Å²) in [6.07, 6.45) is 0. The van der Waals surface area contributed by atoms with Crippen molar-refractivity contribution in [3.05, 3.63) is 23.8 Å². The van der Waals surface area contributed by atoms with E-state index in [2.05, 4.69) is 21.1 Å². The van der Waals surface area contributed by atoms with E-state index in [4.69, 9.17) is 4.74 Å². The maximum atomic E-state index is 9.63. The molecule has 86 valence electrons. The number of methoxy groups -OCH3 is 1. The molecule has 0 aliphatic carbocycles. The summed E-state index contributed by atoms with van der Waals surface area (Å²) in [5, 5.41) is 9.63. The standard InChI is InChI=1S/C11H17NO2.HI/c1-12(2,3)8-9-7-10(14-4)5-6-11(9)13;/h5-7H,8H2,1-4H3;1H. The molecule has 0 fully saturated rings. The predicted octanol–water partition coefficient (Wildman–Crippen LogP) is -1.39. The number of rotatable bonds is 3. The highest BCUT2D eigenvalue weighted by molar-refractivity contribution is 5.38. The van der Waals surface area contributed by atoms with Crippen molar-refractivity contribution in [1.29, 1.82) is 0 Å². The second-order valence-electron chi connectivity index (χ2n) is 4.44. The minimum atomic E-state index is 0. The summed E-state index contributed by atoms with van der Waals surface area (Å²) in [5.74, 6) is 1.12. The van der Waals surface area contributed by atoms with Crippen LogP contribution in [-0.4, -0.2) is 37.8 Å². The Morgan fingerprint density at radius 1 is 1.27 bits per heavy atom. The lowest BCUT2D eigenvalue weighted by Gasteiger charge is -2.24. The molecule has 1 aromatic rings. The van der Waals surface area contributed by atoms with Crippen molar-refractivity contribution in [2.75, 3.05) is 28.3 Å². The van der Waals surface area contributed by atoms with Crippen LogP contribution in [0.4, 0.5) is 0 Å². The number of hydrogen-bond acceptors (Lipinski definition) is 2. The quantitative estimate of drug-likeness (QED) is 0.548. The summed E-state index contributed by atoms with van der Waals surface area (Å²) < 4.78 is 5.88. The van der Waals surface area contributed by atoms with Crippen LogP contribution in [0.25, 0.3) is 0 Å². The Morgan fingerprint density at radius 2 is 1.87 bits per heavy atom. The molecule has 0 saturated carbocycles. The van der Waals surface area contributed by atoms with Gasteiger partial charge in [-0.3, -0.25) is 0 Å². The summed E-state index contributed by atoms with van der Waals surface area (Å²) in [6.45, 7) is 0.781. The lowest BCUT2D eigenvalue weighted by Crippen LogP contribution is -3.00. The van der Waals surface area contributed by atoms with Crippen molar-refractivity contribution in [1.82, 2.24) is 0 Å². The number of quaternary nitrogens is 1. The summed E-state index contributed by atoms with van der Waals surface area (Å²) in [5.41, 5.74) is 0.914. The number of phenolic OH excluding ortho intramolecular Hbond substituents is 1. The number of ether oxygens (including phenoxy) is 1. The van der Waals surface area contributed by atoms with Crippen LogP contribution in [0.1, 0.15) is 5.56 Å². The molecule has 0 amide bonds. The van der Waals surface area contributed by atoms with E-state index in [1.54, 1.807) is 19.2 Å². The SMILES string of the molecule is COc1ccc(O)c(C[N+](C)(C)C)c1.[I-]. The largest absolute Gasteiger partial charge is 1.00 e. The molecule has 0 bridgehead atoms. The zero-order valence-electron chi connectivity index (χ0n) is 9.62. The minimum Gasteiger partial charge on any atom is -1.00 e. The molecule has 1 N–H and O–H groups in total. The van der Waals surface area contributed by atoms with Gasteiger partial charge in [0.2, 0.25) is 0 Å². The molecule has 0 unspecified atom stereocenters. The third-order valence-electron chi connectivity index (χ3n) is 1.93. The molecule has 0 aliphatic heterocycles. The molecule has 0 atom stereocenters. The van der Waals surface area contributed by atoms with Crippen LogP contribution in [0, 0.1) is 0 Å². The van der Waals surface area contributed by atoms with E-state index in [0.29, 0.717) is 5.75 Å². The van der Waals surface area contributed by atoms with Gasteiger partial charge in [-0.2, -0.15) is 0 Å². The van der Waals surface area contributed by atoms with Gasteiger partial charge in [0.15, 0.2) is 0 Å². The van der Waals surface area contributed by atoms with Gasteiger partial charge in [-0.25, -0.2) is 0 Å². The summed E-state index contributed by atoms with van der Waals surface area (Å²) >= 11 is 0. The van der Waals surface area contributed by atoms with Gasteiger partial charge < -0.3 is 38.3 Å². The maximum Gasteiger partial charge on any atom is 0.124 e. The molecule has 0 saturated heterocycles. The fraction of sp³-hybridized carbons (Fsp3) is 0.455. The lowest BCUT2D eigenvalue weighted by atomic mass is 10.1. The van der Waals surface area contributed by atoms with Crippen LogP contribution in [-0.2, 0) is 6.54 Å². The van der Waals surface area contributed by atoms with Crippen molar-refractivity contribution >= 4 is 0 Å². The fourth-order valence-electron chi connectivity index (χ4n) is 1.33. The molecule has 15 heavy (non-hydrogen) atoms. The van der Waals surface area contributed by atoms with E-state index < -0.39 is 0 Å². The van der Waals surface area contributed by atoms with Crippen LogP contribution in [0.2, 0.25) is 0 Å². The summed E-state index contributed by atoms with van der Waals surface area (Å²) in [4.78, 5) is 0. The molecule has 0 spiro atoms. The Labute approximate surface area is 108 Å². The monoisotopic (exact) mass is 323 g/mol.